The minimum Gasteiger partial charge on any atom is -0.462 e. The Kier molecular flexibility index (Phi) is 53.4. The molecule has 0 fully saturated rings. The molecule has 392 valence electrons. The van der Waals surface area contributed by atoms with Crippen molar-refractivity contribution in [3.63, 3.8) is 0 Å². The summed E-state index contributed by atoms with van der Waals surface area (Å²) in [6.07, 6.45) is 76.6. The highest BCUT2D eigenvalue weighted by Crippen LogP contribution is 2.13. The molecule has 6 nitrogen and oxygen atoms in total. The number of hydrogen-bond acceptors (Lipinski definition) is 6. The first kappa shape index (κ1) is 65.1. The van der Waals surface area contributed by atoms with Crippen molar-refractivity contribution in [2.75, 3.05) is 13.2 Å². The Labute approximate surface area is 425 Å². The molecule has 0 aliphatic carbocycles. The van der Waals surface area contributed by atoms with Gasteiger partial charge >= 0.3 is 17.9 Å². The van der Waals surface area contributed by atoms with Gasteiger partial charge in [0.1, 0.15) is 13.2 Å². The van der Waals surface area contributed by atoms with E-state index < -0.39 is 6.10 Å². The molecule has 0 saturated carbocycles. The van der Waals surface area contributed by atoms with E-state index in [1.165, 1.54) is 128 Å². The maximum atomic E-state index is 12.8. The lowest BCUT2D eigenvalue weighted by molar-refractivity contribution is -0.166. The van der Waals surface area contributed by atoms with Crippen LogP contribution in [-0.2, 0) is 28.6 Å². The third kappa shape index (κ3) is 54.9. The second kappa shape index (κ2) is 56.7. The van der Waals surface area contributed by atoms with Crippen LogP contribution >= 0.6 is 0 Å². The van der Waals surface area contributed by atoms with Crippen LogP contribution in [0.1, 0.15) is 252 Å². The number of carbonyl (C=O) groups is 3. The van der Waals surface area contributed by atoms with Gasteiger partial charge in [-0.2, -0.15) is 0 Å². The smallest absolute Gasteiger partial charge is 0.306 e. The number of allylic oxidation sites excluding steroid dienone is 18. The average Bonchev–Trinajstić information content (AvgIpc) is 3.35. The largest absolute Gasteiger partial charge is 0.462 e. The zero-order valence-corrected chi connectivity index (χ0v) is 44.8. The fourth-order valence-electron chi connectivity index (χ4n) is 7.43. The van der Waals surface area contributed by atoms with Crippen LogP contribution in [0.4, 0.5) is 0 Å². The molecule has 0 rings (SSSR count). The summed E-state index contributed by atoms with van der Waals surface area (Å²) in [5.41, 5.74) is 0. The van der Waals surface area contributed by atoms with Crippen molar-refractivity contribution in [1.82, 2.24) is 0 Å². The Hall–Kier alpha value is -3.93. The van der Waals surface area contributed by atoms with Crippen molar-refractivity contribution < 1.29 is 28.6 Å². The van der Waals surface area contributed by atoms with Crippen molar-refractivity contribution in [3.8, 4) is 0 Å². The molecule has 0 aromatic carbocycles. The van der Waals surface area contributed by atoms with E-state index in [9.17, 15) is 14.4 Å². The predicted octanol–water partition coefficient (Wildman–Crippen LogP) is 19.1. The van der Waals surface area contributed by atoms with E-state index in [4.69, 9.17) is 14.2 Å². The van der Waals surface area contributed by atoms with Gasteiger partial charge in [0.2, 0.25) is 0 Å². The summed E-state index contributed by atoms with van der Waals surface area (Å²) in [6.45, 7) is 6.48. The first-order valence-electron chi connectivity index (χ1n) is 28.4. The molecule has 69 heavy (non-hydrogen) atoms. The molecule has 0 radical (unpaired) electrons. The first-order valence-corrected chi connectivity index (χ1v) is 28.4. The summed E-state index contributed by atoms with van der Waals surface area (Å²) in [5, 5.41) is 0. The van der Waals surface area contributed by atoms with E-state index in [-0.39, 0.29) is 44.0 Å². The third-order valence-corrected chi connectivity index (χ3v) is 11.7. The van der Waals surface area contributed by atoms with E-state index >= 15 is 0 Å². The summed E-state index contributed by atoms with van der Waals surface area (Å²) in [6, 6.07) is 0. The summed E-state index contributed by atoms with van der Waals surface area (Å²) in [5.74, 6) is -1.05. The van der Waals surface area contributed by atoms with Crippen molar-refractivity contribution in [3.05, 3.63) is 109 Å². The molecule has 0 amide bonds. The molecule has 6 heteroatoms. The monoisotopic (exact) mass is 957 g/mol. The Balaban J connectivity index is 4.56. The predicted molar refractivity (Wildman–Crippen MR) is 297 cm³/mol. The molecule has 0 saturated heterocycles. The highest BCUT2D eigenvalue weighted by atomic mass is 16.6. The van der Waals surface area contributed by atoms with Crippen LogP contribution in [0.25, 0.3) is 0 Å². The van der Waals surface area contributed by atoms with Gasteiger partial charge in [-0.25, -0.2) is 0 Å². The van der Waals surface area contributed by atoms with Crippen LogP contribution < -0.4 is 0 Å². The molecule has 0 aliphatic rings. The summed E-state index contributed by atoms with van der Waals surface area (Å²) >= 11 is 0. The van der Waals surface area contributed by atoms with Gasteiger partial charge in [0.05, 0.1) is 0 Å². The van der Waals surface area contributed by atoms with Crippen LogP contribution in [0, 0.1) is 0 Å². The van der Waals surface area contributed by atoms with Crippen molar-refractivity contribution in [2.45, 2.75) is 258 Å². The van der Waals surface area contributed by atoms with E-state index in [1.807, 2.05) is 6.08 Å². The van der Waals surface area contributed by atoms with E-state index in [0.717, 1.165) is 70.6 Å². The zero-order valence-electron chi connectivity index (χ0n) is 44.8. The topological polar surface area (TPSA) is 78.9 Å². The highest BCUT2D eigenvalue weighted by Gasteiger charge is 2.19. The molecule has 0 unspecified atom stereocenters. The number of hydrogen-bond donors (Lipinski definition) is 0. The second-order valence-corrected chi connectivity index (χ2v) is 18.5. The molecule has 0 aromatic heterocycles. The van der Waals surface area contributed by atoms with Gasteiger partial charge in [-0.05, 0) is 122 Å². The lowest BCUT2D eigenvalue weighted by atomic mass is 10.1. The molecular weight excluding hydrogens is 853 g/mol. The van der Waals surface area contributed by atoms with Crippen LogP contribution in [-0.4, -0.2) is 37.2 Å². The molecule has 0 heterocycles. The molecule has 1 atom stereocenters. The molecule has 0 N–H and O–H groups in total. The zero-order chi connectivity index (χ0) is 50.0. The minimum atomic E-state index is -0.832. The molecule has 0 aromatic rings. The second-order valence-electron chi connectivity index (χ2n) is 18.5. The van der Waals surface area contributed by atoms with E-state index in [2.05, 4.69) is 124 Å². The quantitative estimate of drug-likeness (QED) is 0.0262. The molecule has 0 spiro atoms. The Morgan fingerprint density at radius 3 is 0.971 bits per heavy atom. The maximum absolute atomic E-state index is 12.8. The van der Waals surface area contributed by atoms with Gasteiger partial charge in [0, 0.05) is 19.3 Å². The third-order valence-electron chi connectivity index (χ3n) is 11.7. The lowest BCUT2D eigenvalue weighted by Gasteiger charge is -2.18. The van der Waals surface area contributed by atoms with E-state index in [0.29, 0.717) is 19.3 Å². The number of unbranched alkanes of at least 4 members (excludes halogenated alkanes) is 21. The molecule has 0 bridgehead atoms. The standard InChI is InChI=1S/C63H104O6/c1-4-7-10-13-16-19-22-25-28-30-31-33-36-38-41-44-47-50-53-56-62(65)68-59-60(69-63(66)57-54-51-48-45-42-39-34-27-24-21-18-15-12-9-6-3)58-67-61(64)55-52-49-46-43-40-37-35-32-29-26-23-20-17-14-11-8-5-2/h16,18-19,21,25-29,31,33-34,38,41-42,45,47,50,60H,4-15,17,20,22-24,30,32,35-37,39-40,43-44,46,48-49,51-59H2,1-3H3/b19-16-,21-18-,28-25-,29-26-,33-31-,34-27-,41-38-,45-42-,50-47-/t60-/m0/s1. The average molecular weight is 958 g/mol. The number of carbonyl (C=O) groups excluding carboxylic acids is 3. The van der Waals surface area contributed by atoms with Crippen molar-refractivity contribution in [1.29, 1.82) is 0 Å². The minimum absolute atomic E-state index is 0.120. The van der Waals surface area contributed by atoms with Gasteiger partial charge in [-0.3, -0.25) is 14.4 Å². The number of ether oxygens (including phenoxy) is 3. The normalized spacial score (nSPS) is 12.9. The summed E-state index contributed by atoms with van der Waals surface area (Å²) in [4.78, 5) is 38.1. The summed E-state index contributed by atoms with van der Waals surface area (Å²) < 4.78 is 16.7. The lowest BCUT2D eigenvalue weighted by Crippen LogP contribution is -2.30. The van der Waals surface area contributed by atoms with Gasteiger partial charge in [0.15, 0.2) is 6.10 Å². The van der Waals surface area contributed by atoms with Gasteiger partial charge < -0.3 is 14.2 Å². The Bertz CT molecular complexity index is 1420. The SMILES string of the molecule is CCCCC/C=C\C/C=C\C/C=C\C/C=C\C/C=C\CCC(=O)OC[C@H](COC(=O)CCCCCCCCC/C=C\CCCCCCCC)OC(=O)CCCC/C=C\C/C=C\C/C=C\CCCCC. The highest BCUT2D eigenvalue weighted by molar-refractivity contribution is 5.71. The Morgan fingerprint density at radius 2 is 0.551 bits per heavy atom. The first-order chi connectivity index (χ1) is 34.0. The van der Waals surface area contributed by atoms with Crippen LogP contribution in [0.2, 0.25) is 0 Å². The Morgan fingerprint density at radius 1 is 0.290 bits per heavy atom. The number of esters is 3. The van der Waals surface area contributed by atoms with Crippen LogP contribution in [0.5, 0.6) is 0 Å². The fourth-order valence-corrected chi connectivity index (χ4v) is 7.43. The van der Waals surface area contributed by atoms with Crippen LogP contribution in [0.15, 0.2) is 109 Å². The van der Waals surface area contributed by atoms with Crippen molar-refractivity contribution >= 4 is 17.9 Å². The van der Waals surface area contributed by atoms with Crippen molar-refractivity contribution in [2.24, 2.45) is 0 Å². The molecular formula is C63H104O6. The van der Waals surface area contributed by atoms with Crippen LogP contribution in [0.3, 0.4) is 0 Å². The van der Waals surface area contributed by atoms with Gasteiger partial charge in [0.25, 0.3) is 0 Å². The summed E-state index contributed by atoms with van der Waals surface area (Å²) in [7, 11) is 0. The van der Waals surface area contributed by atoms with Gasteiger partial charge in [-0.1, -0.05) is 220 Å². The van der Waals surface area contributed by atoms with Gasteiger partial charge in [-0.15, -0.1) is 0 Å². The molecule has 0 aliphatic heterocycles. The van der Waals surface area contributed by atoms with E-state index in [1.54, 1.807) is 0 Å². The maximum Gasteiger partial charge on any atom is 0.306 e. The number of rotatable bonds is 50. The fraction of sp³-hybridized carbons (Fsp3) is 0.667.